The molecule has 0 aliphatic rings. The molecule has 2 N–H and O–H groups in total. The summed E-state index contributed by atoms with van der Waals surface area (Å²) < 4.78 is 34.9. The zero-order valence-corrected chi connectivity index (χ0v) is 17.5. The highest BCUT2D eigenvalue weighted by atomic mass is 19.1. The Bertz CT molecular complexity index is 818. The van der Waals surface area contributed by atoms with E-state index in [0.717, 1.165) is 11.1 Å². The highest BCUT2D eigenvalue weighted by Gasteiger charge is 2.13. The van der Waals surface area contributed by atoms with E-state index in [-0.39, 0.29) is 12.4 Å². The van der Waals surface area contributed by atoms with E-state index in [1.165, 1.54) is 6.07 Å². The standard InChI is InChI=1S/C21H28FN3O4/c1-23-21(24-11-14-6-7-17(22)16(8-14)13-26-2)25-12-15-9-18(27-3)20(29-5)19(10-15)28-4/h6-10H,11-13H2,1-5H3,(H2,23,24,25). The van der Waals surface area contributed by atoms with Crippen molar-refractivity contribution in [1.82, 2.24) is 10.6 Å². The fourth-order valence-electron chi connectivity index (χ4n) is 2.83. The van der Waals surface area contributed by atoms with E-state index >= 15 is 0 Å². The second kappa shape index (κ2) is 11.1. The summed E-state index contributed by atoms with van der Waals surface area (Å²) in [5.74, 6) is 2.05. The average molecular weight is 405 g/mol. The summed E-state index contributed by atoms with van der Waals surface area (Å²) in [5.41, 5.74) is 2.38. The van der Waals surface area contributed by atoms with Crippen LogP contribution in [0.4, 0.5) is 4.39 Å². The van der Waals surface area contributed by atoms with Crippen molar-refractivity contribution in [1.29, 1.82) is 0 Å². The van der Waals surface area contributed by atoms with Crippen LogP contribution >= 0.6 is 0 Å². The van der Waals surface area contributed by atoms with Gasteiger partial charge in [-0.3, -0.25) is 4.99 Å². The summed E-state index contributed by atoms with van der Waals surface area (Å²) >= 11 is 0. The Morgan fingerprint density at radius 3 is 2.03 bits per heavy atom. The molecule has 0 aromatic heterocycles. The van der Waals surface area contributed by atoms with Crippen LogP contribution in [0.1, 0.15) is 16.7 Å². The molecular formula is C21H28FN3O4. The minimum Gasteiger partial charge on any atom is -0.493 e. The van der Waals surface area contributed by atoms with Crippen LogP contribution in [-0.2, 0) is 24.4 Å². The lowest BCUT2D eigenvalue weighted by atomic mass is 10.1. The average Bonchev–Trinajstić information content (AvgIpc) is 2.75. The summed E-state index contributed by atoms with van der Waals surface area (Å²) in [6.07, 6.45) is 0. The Kier molecular flexibility index (Phi) is 8.54. The van der Waals surface area contributed by atoms with Crippen LogP contribution in [0.25, 0.3) is 0 Å². The van der Waals surface area contributed by atoms with Crippen LogP contribution in [0.3, 0.4) is 0 Å². The molecule has 0 atom stereocenters. The molecule has 7 nitrogen and oxygen atoms in total. The molecule has 0 fully saturated rings. The van der Waals surface area contributed by atoms with Crippen molar-refractivity contribution in [2.75, 3.05) is 35.5 Å². The molecular weight excluding hydrogens is 377 g/mol. The minimum atomic E-state index is -0.277. The number of methoxy groups -OCH3 is 4. The maximum Gasteiger partial charge on any atom is 0.203 e. The number of hydrogen-bond donors (Lipinski definition) is 2. The van der Waals surface area contributed by atoms with Crippen molar-refractivity contribution in [3.63, 3.8) is 0 Å². The lowest BCUT2D eigenvalue weighted by Crippen LogP contribution is -2.36. The zero-order chi connectivity index (χ0) is 21.2. The normalized spacial score (nSPS) is 11.2. The van der Waals surface area contributed by atoms with Gasteiger partial charge in [0.15, 0.2) is 17.5 Å². The van der Waals surface area contributed by atoms with E-state index in [9.17, 15) is 4.39 Å². The molecule has 0 saturated heterocycles. The maximum atomic E-state index is 13.7. The zero-order valence-electron chi connectivity index (χ0n) is 17.5. The predicted octanol–water partition coefficient (Wildman–Crippen LogP) is 2.86. The van der Waals surface area contributed by atoms with E-state index in [1.54, 1.807) is 47.6 Å². The van der Waals surface area contributed by atoms with E-state index in [1.807, 2.05) is 12.1 Å². The predicted molar refractivity (Wildman–Crippen MR) is 110 cm³/mol. The van der Waals surface area contributed by atoms with Crippen LogP contribution in [0.5, 0.6) is 17.2 Å². The van der Waals surface area contributed by atoms with Crippen LogP contribution in [-0.4, -0.2) is 41.4 Å². The molecule has 0 unspecified atom stereocenters. The number of benzene rings is 2. The number of rotatable bonds is 9. The molecule has 0 saturated carbocycles. The molecule has 158 valence electrons. The topological polar surface area (TPSA) is 73.3 Å². The van der Waals surface area contributed by atoms with Gasteiger partial charge in [0.25, 0.3) is 0 Å². The first-order valence-electron chi connectivity index (χ1n) is 9.05. The van der Waals surface area contributed by atoms with Crippen molar-refractivity contribution in [2.24, 2.45) is 4.99 Å². The number of ether oxygens (including phenoxy) is 4. The quantitative estimate of drug-likeness (QED) is 0.494. The number of aliphatic imine (C=N–C) groups is 1. The Morgan fingerprint density at radius 1 is 0.897 bits per heavy atom. The van der Waals surface area contributed by atoms with Crippen LogP contribution in [0.15, 0.2) is 35.3 Å². The molecule has 2 aromatic rings. The first-order chi connectivity index (χ1) is 14.1. The van der Waals surface area contributed by atoms with E-state index in [4.69, 9.17) is 18.9 Å². The highest BCUT2D eigenvalue weighted by molar-refractivity contribution is 5.79. The lowest BCUT2D eigenvalue weighted by molar-refractivity contribution is 0.181. The fourth-order valence-corrected chi connectivity index (χ4v) is 2.83. The Morgan fingerprint density at radius 2 is 1.52 bits per heavy atom. The van der Waals surface area contributed by atoms with Gasteiger partial charge in [-0.05, 0) is 35.4 Å². The SMILES string of the molecule is CN=C(NCc1ccc(F)c(COC)c1)NCc1cc(OC)c(OC)c(OC)c1. The molecule has 0 bridgehead atoms. The molecule has 0 amide bonds. The third kappa shape index (κ3) is 5.99. The van der Waals surface area contributed by atoms with E-state index in [0.29, 0.717) is 41.9 Å². The van der Waals surface area contributed by atoms with Gasteiger partial charge in [0.2, 0.25) is 5.75 Å². The van der Waals surface area contributed by atoms with Gasteiger partial charge >= 0.3 is 0 Å². The molecule has 0 spiro atoms. The van der Waals surface area contributed by atoms with Crippen LogP contribution < -0.4 is 24.8 Å². The second-order valence-electron chi connectivity index (χ2n) is 6.17. The molecule has 2 rings (SSSR count). The van der Waals surface area contributed by atoms with Crippen molar-refractivity contribution >= 4 is 5.96 Å². The third-order valence-corrected chi connectivity index (χ3v) is 4.28. The third-order valence-electron chi connectivity index (χ3n) is 4.28. The Balaban J connectivity index is 2.02. The molecule has 0 aliphatic heterocycles. The summed E-state index contributed by atoms with van der Waals surface area (Å²) in [6.45, 7) is 1.22. The fraction of sp³-hybridized carbons (Fsp3) is 0.381. The Hall–Kier alpha value is -3.00. The van der Waals surface area contributed by atoms with Crippen LogP contribution in [0.2, 0.25) is 0 Å². The lowest BCUT2D eigenvalue weighted by Gasteiger charge is -2.16. The van der Waals surface area contributed by atoms with Crippen molar-refractivity contribution in [3.05, 3.63) is 52.8 Å². The molecule has 2 aromatic carbocycles. The number of hydrogen-bond acceptors (Lipinski definition) is 5. The van der Waals surface area contributed by atoms with Gasteiger partial charge in [-0.15, -0.1) is 0 Å². The van der Waals surface area contributed by atoms with E-state index in [2.05, 4.69) is 15.6 Å². The molecule has 0 aliphatic carbocycles. The molecule has 29 heavy (non-hydrogen) atoms. The van der Waals surface area contributed by atoms with Crippen molar-refractivity contribution < 1.29 is 23.3 Å². The number of guanidine groups is 1. The monoisotopic (exact) mass is 405 g/mol. The number of nitrogens with zero attached hydrogens (tertiary/aromatic N) is 1. The van der Waals surface area contributed by atoms with Crippen molar-refractivity contribution in [2.45, 2.75) is 19.7 Å². The highest BCUT2D eigenvalue weighted by Crippen LogP contribution is 2.38. The van der Waals surface area contributed by atoms with Gasteiger partial charge in [0.1, 0.15) is 5.82 Å². The van der Waals surface area contributed by atoms with Crippen molar-refractivity contribution in [3.8, 4) is 17.2 Å². The largest absolute Gasteiger partial charge is 0.493 e. The van der Waals surface area contributed by atoms with Gasteiger partial charge in [0, 0.05) is 32.8 Å². The number of nitrogens with one attached hydrogen (secondary N) is 2. The van der Waals surface area contributed by atoms with E-state index < -0.39 is 0 Å². The molecule has 8 heteroatoms. The Labute approximate surface area is 170 Å². The van der Waals surface area contributed by atoms with Gasteiger partial charge in [-0.1, -0.05) is 6.07 Å². The smallest absolute Gasteiger partial charge is 0.203 e. The maximum absolute atomic E-state index is 13.7. The first kappa shape index (κ1) is 22.3. The minimum absolute atomic E-state index is 0.230. The first-order valence-corrected chi connectivity index (χ1v) is 9.05. The van der Waals surface area contributed by atoms with Gasteiger partial charge in [0.05, 0.1) is 27.9 Å². The number of halogens is 1. The van der Waals surface area contributed by atoms with Gasteiger partial charge in [-0.25, -0.2) is 4.39 Å². The van der Waals surface area contributed by atoms with Gasteiger partial charge in [-0.2, -0.15) is 0 Å². The summed E-state index contributed by atoms with van der Waals surface area (Å²) in [5, 5.41) is 6.45. The van der Waals surface area contributed by atoms with Gasteiger partial charge < -0.3 is 29.6 Å². The summed E-state index contributed by atoms with van der Waals surface area (Å²) in [7, 11) is 7.95. The second-order valence-corrected chi connectivity index (χ2v) is 6.17. The molecule has 0 heterocycles. The summed E-state index contributed by atoms with van der Waals surface area (Å²) in [4.78, 5) is 4.22. The molecule has 0 radical (unpaired) electrons. The van der Waals surface area contributed by atoms with Crippen LogP contribution in [0, 0.1) is 5.82 Å². The summed E-state index contributed by atoms with van der Waals surface area (Å²) in [6, 6.07) is 8.70.